The summed E-state index contributed by atoms with van der Waals surface area (Å²) in [7, 11) is 5.83. The zero-order valence-electron chi connectivity index (χ0n) is 15.1. The molecule has 3 heterocycles. The molecule has 25 heavy (non-hydrogen) atoms. The first kappa shape index (κ1) is 16.1. The zero-order chi connectivity index (χ0) is 17.6. The van der Waals surface area contributed by atoms with Crippen LogP contribution in [0.1, 0.15) is 30.1 Å². The molecule has 6 nitrogen and oxygen atoms in total. The van der Waals surface area contributed by atoms with Crippen LogP contribution in [0.15, 0.2) is 35.4 Å². The number of aryl methyl sites for hydroxylation is 2. The molecule has 6 heteroatoms. The van der Waals surface area contributed by atoms with E-state index in [4.69, 9.17) is 0 Å². The van der Waals surface area contributed by atoms with Gasteiger partial charge in [0.1, 0.15) is 5.82 Å². The fourth-order valence-electron chi connectivity index (χ4n) is 3.93. The quantitative estimate of drug-likeness (QED) is 0.733. The van der Waals surface area contributed by atoms with Gasteiger partial charge in [0.05, 0.1) is 11.0 Å². The lowest BCUT2D eigenvalue weighted by molar-refractivity contribution is 0.249. The molecule has 1 aliphatic rings. The van der Waals surface area contributed by atoms with Gasteiger partial charge in [0.15, 0.2) is 0 Å². The molecule has 0 N–H and O–H groups in total. The number of likely N-dealkylation sites (tertiary alicyclic amines) is 1. The maximum atomic E-state index is 12.1. The smallest absolute Gasteiger partial charge is 0.328 e. The van der Waals surface area contributed by atoms with Crippen molar-refractivity contribution in [3.63, 3.8) is 0 Å². The van der Waals surface area contributed by atoms with Crippen molar-refractivity contribution in [3.05, 3.63) is 52.5 Å². The molecule has 0 spiro atoms. The van der Waals surface area contributed by atoms with Crippen molar-refractivity contribution in [3.8, 4) is 0 Å². The van der Waals surface area contributed by atoms with Gasteiger partial charge < -0.3 is 9.47 Å². The van der Waals surface area contributed by atoms with Crippen LogP contribution in [-0.4, -0.2) is 43.7 Å². The number of fused-ring (bicyclic) bond motifs is 1. The molecule has 0 unspecified atom stereocenters. The third-order valence-corrected chi connectivity index (χ3v) is 5.52. The van der Waals surface area contributed by atoms with Gasteiger partial charge in [0.2, 0.25) is 0 Å². The lowest BCUT2D eigenvalue weighted by atomic mass is 9.96. The number of hydrogen-bond donors (Lipinski definition) is 0. The van der Waals surface area contributed by atoms with Crippen molar-refractivity contribution in [2.24, 2.45) is 14.1 Å². The highest BCUT2D eigenvalue weighted by atomic mass is 16.1. The molecule has 0 atom stereocenters. The largest absolute Gasteiger partial charge is 0.330 e. The Kier molecular flexibility index (Phi) is 4.00. The molecule has 0 aliphatic carbocycles. The number of piperidine rings is 1. The topological polar surface area (TPSA) is 48.0 Å². The van der Waals surface area contributed by atoms with E-state index in [2.05, 4.69) is 39.8 Å². The summed E-state index contributed by atoms with van der Waals surface area (Å²) < 4.78 is 5.67. The van der Waals surface area contributed by atoms with E-state index < -0.39 is 0 Å². The lowest BCUT2D eigenvalue weighted by Crippen LogP contribution is -2.30. The van der Waals surface area contributed by atoms with Crippen LogP contribution in [0.3, 0.4) is 0 Å². The Morgan fingerprint density at radius 2 is 1.80 bits per heavy atom. The first-order valence-electron chi connectivity index (χ1n) is 8.88. The molecule has 0 bridgehead atoms. The van der Waals surface area contributed by atoms with Crippen molar-refractivity contribution in [2.45, 2.75) is 25.3 Å². The minimum Gasteiger partial charge on any atom is -0.330 e. The summed E-state index contributed by atoms with van der Waals surface area (Å²) in [6.45, 7) is 3.06. The molecule has 132 valence electrons. The average Bonchev–Trinajstić information content (AvgIpc) is 3.15. The highest BCUT2D eigenvalue weighted by molar-refractivity contribution is 5.76. The van der Waals surface area contributed by atoms with E-state index in [1.165, 1.54) is 24.2 Å². The van der Waals surface area contributed by atoms with Crippen LogP contribution in [0, 0.1) is 0 Å². The molecule has 1 saturated heterocycles. The van der Waals surface area contributed by atoms with Crippen LogP contribution < -0.4 is 5.69 Å². The molecule has 2 aromatic heterocycles. The summed E-state index contributed by atoms with van der Waals surface area (Å²) in [5, 5.41) is 0. The monoisotopic (exact) mass is 339 g/mol. The van der Waals surface area contributed by atoms with Crippen LogP contribution in [0.5, 0.6) is 0 Å². The maximum absolute atomic E-state index is 12.1. The molecule has 1 aliphatic heterocycles. The van der Waals surface area contributed by atoms with Crippen LogP contribution in [0.2, 0.25) is 0 Å². The Morgan fingerprint density at radius 3 is 2.56 bits per heavy atom. The van der Waals surface area contributed by atoms with Crippen molar-refractivity contribution >= 4 is 11.0 Å². The van der Waals surface area contributed by atoms with Crippen LogP contribution >= 0.6 is 0 Å². The number of nitrogens with zero attached hydrogens (tertiary/aromatic N) is 5. The van der Waals surface area contributed by atoms with E-state index in [1.54, 1.807) is 9.13 Å². The average molecular weight is 339 g/mol. The van der Waals surface area contributed by atoms with E-state index in [9.17, 15) is 4.79 Å². The Bertz CT molecular complexity index is 956. The van der Waals surface area contributed by atoms with E-state index in [0.717, 1.165) is 30.7 Å². The summed E-state index contributed by atoms with van der Waals surface area (Å²) >= 11 is 0. The fraction of sp³-hybridized carbons (Fsp3) is 0.474. The Labute approximate surface area is 147 Å². The van der Waals surface area contributed by atoms with Crippen molar-refractivity contribution in [1.82, 2.24) is 23.6 Å². The van der Waals surface area contributed by atoms with Gasteiger partial charge in [0, 0.05) is 39.0 Å². The summed E-state index contributed by atoms with van der Waals surface area (Å²) in [6, 6.07) is 6.27. The van der Waals surface area contributed by atoms with Crippen LogP contribution in [-0.2, 0) is 20.6 Å². The third-order valence-electron chi connectivity index (χ3n) is 5.52. The number of hydrogen-bond acceptors (Lipinski definition) is 3. The van der Waals surface area contributed by atoms with Gasteiger partial charge in [-0.25, -0.2) is 9.78 Å². The lowest BCUT2D eigenvalue weighted by Gasteiger charge is -2.28. The predicted octanol–water partition coefficient (Wildman–Crippen LogP) is 1.93. The minimum absolute atomic E-state index is 0.0156. The van der Waals surface area contributed by atoms with Gasteiger partial charge in [-0.2, -0.15) is 0 Å². The molecule has 0 radical (unpaired) electrons. The molecular formula is C19H25N5O. The van der Waals surface area contributed by atoms with E-state index >= 15 is 0 Å². The van der Waals surface area contributed by atoms with E-state index in [1.807, 2.05) is 26.4 Å². The normalized spacial score (nSPS) is 16.8. The summed E-state index contributed by atoms with van der Waals surface area (Å²) in [5.41, 5.74) is 3.16. The first-order valence-corrected chi connectivity index (χ1v) is 8.88. The van der Waals surface area contributed by atoms with E-state index in [0.29, 0.717) is 5.92 Å². The van der Waals surface area contributed by atoms with Gasteiger partial charge in [-0.15, -0.1) is 0 Å². The second-order valence-corrected chi connectivity index (χ2v) is 7.21. The second kappa shape index (κ2) is 6.19. The fourth-order valence-corrected chi connectivity index (χ4v) is 3.93. The third kappa shape index (κ3) is 2.80. The van der Waals surface area contributed by atoms with Gasteiger partial charge in [-0.3, -0.25) is 9.13 Å². The Hall–Kier alpha value is -2.34. The van der Waals surface area contributed by atoms with Crippen LogP contribution in [0.25, 0.3) is 11.0 Å². The number of aromatic nitrogens is 4. The molecule has 0 saturated carbocycles. The number of benzene rings is 1. The standard InChI is InChI=1S/C19H25N5O/c1-21-9-6-15(7-10-21)18-20-8-11-24(18)13-14-4-5-16-17(12-14)23(3)19(25)22(16)2/h4-5,8,11-12,15H,6-7,9-10,13H2,1-3H3. The van der Waals surface area contributed by atoms with Crippen molar-refractivity contribution < 1.29 is 0 Å². The Morgan fingerprint density at radius 1 is 1.08 bits per heavy atom. The van der Waals surface area contributed by atoms with E-state index in [-0.39, 0.29) is 5.69 Å². The number of imidazole rings is 2. The zero-order valence-corrected chi connectivity index (χ0v) is 15.1. The first-order chi connectivity index (χ1) is 12.0. The van der Waals surface area contributed by atoms with Gasteiger partial charge >= 0.3 is 5.69 Å². The molecule has 3 aromatic rings. The van der Waals surface area contributed by atoms with Crippen LogP contribution in [0.4, 0.5) is 0 Å². The number of rotatable bonds is 3. The second-order valence-electron chi connectivity index (χ2n) is 7.21. The van der Waals surface area contributed by atoms with Gasteiger partial charge in [-0.1, -0.05) is 6.07 Å². The highest BCUT2D eigenvalue weighted by Gasteiger charge is 2.22. The minimum atomic E-state index is 0.0156. The molecule has 4 rings (SSSR count). The molecule has 0 amide bonds. The van der Waals surface area contributed by atoms with Crippen molar-refractivity contribution in [1.29, 1.82) is 0 Å². The summed E-state index contributed by atoms with van der Waals surface area (Å²) in [5.74, 6) is 1.73. The van der Waals surface area contributed by atoms with Gasteiger partial charge in [0.25, 0.3) is 0 Å². The highest BCUT2D eigenvalue weighted by Crippen LogP contribution is 2.27. The molecule has 1 aromatic carbocycles. The van der Waals surface area contributed by atoms with Gasteiger partial charge in [-0.05, 0) is 50.7 Å². The molecule has 1 fully saturated rings. The summed E-state index contributed by atoms with van der Waals surface area (Å²) in [4.78, 5) is 19.1. The SMILES string of the molecule is CN1CCC(c2nccn2Cc2ccc3c(c2)n(C)c(=O)n3C)CC1. The summed E-state index contributed by atoms with van der Waals surface area (Å²) in [6.07, 6.45) is 6.31. The maximum Gasteiger partial charge on any atom is 0.328 e. The molecular weight excluding hydrogens is 314 g/mol. The van der Waals surface area contributed by atoms with Crippen molar-refractivity contribution in [2.75, 3.05) is 20.1 Å². The Balaban J connectivity index is 1.63. The predicted molar refractivity (Wildman–Crippen MR) is 99.0 cm³/mol.